The van der Waals surface area contributed by atoms with Gasteiger partial charge in [-0.25, -0.2) is 4.39 Å². The van der Waals surface area contributed by atoms with Crippen LogP contribution in [0.5, 0.6) is 5.75 Å². The minimum atomic E-state index is -0.359. The molecule has 4 heteroatoms. The Morgan fingerprint density at radius 2 is 2.13 bits per heavy atom. The molecule has 23 heavy (non-hydrogen) atoms. The van der Waals surface area contributed by atoms with Crippen LogP contribution in [0, 0.1) is 17.1 Å². The number of ether oxygens (including phenoxy) is 1. The molecule has 0 amide bonds. The topological polar surface area (TPSA) is 33.0 Å². The molecule has 2 nitrogen and oxygen atoms in total. The highest BCUT2D eigenvalue weighted by Gasteiger charge is 2.07. The van der Waals surface area contributed by atoms with Crippen molar-refractivity contribution in [3.8, 4) is 11.8 Å². The molecular weight excluding hydrogens is 357 g/mol. The highest BCUT2D eigenvalue weighted by molar-refractivity contribution is 9.10. The van der Waals surface area contributed by atoms with Crippen molar-refractivity contribution < 1.29 is 9.13 Å². The maximum Gasteiger partial charge on any atom is 0.133 e. The van der Waals surface area contributed by atoms with E-state index in [0.717, 1.165) is 22.2 Å². The standard InChI is InChI=1S/C19H17BrFNO/c1-3-13(2)23-19-8-7-14(10-18(19)20)9-16(12-22)15-5-4-6-17(21)11-15/h4-11,13H,3H2,1-2H3/b16-9-/t13-/m0/s1. The fourth-order valence-electron chi connectivity index (χ4n) is 2.01. The molecule has 0 aliphatic carbocycles. The highest BCUT2D eigenvalue weighted by atomic mass is 79.9. The molecule has 0 aromatic heterocycles. The Kier molecular flexibility index (Phi) is 5.95. The molecule has 0 spiro atoms. The second-order valence-electron chi connectivity index (χ2n) is 5.21. The van der Waals surface area contributed by atoms with E-state index in [-0.39, 0.29) is 11.9 Å². The number of allylic oxidation sites excluding steroid dienone is 1. The number of rotatable bonds is 5. The molecule has 0 aliphatic rings. The lowest BCUT2D eigenvalue weighted by molar-refractivity contribution is 0.216. The molecule has 0 unspecified atom stereocenters. The Hall–Kier alpha value is -2.12. The molecule has 0 fully saturated rings. The van der Waals surface area contributed by atoms with Gasteiger partial charge in [-0.3, -0.25) is 0 Å². The lowest BCUT2D eigenvalue weighted by atomic mass is 10.0. The van der Waals surface area contributed by atoms with Crippen LogP contribution in [0.25, 0.3) is 11.6 Å². The van der Waals surface area contributed by atoms with Gasteiger partial charge in [0.15, 0.2) is 0 Å². The molecule has 0 bridgehead atoms. The van der Waals surface area contributed by atoms with Crippen molar-refractivity contribution in [2.24, 2.45) is 0 Å². The first-order valence-electron chi connectivity index (χ1n) is 7.37. The van der Waals surface area contributed by atoms with Gasteiger partial charge < -0.3 is 4.74 Å². The number of hydrogen-bond acceptors (Lipinski definition) is 2. The Labute approximate surface area is 144 Å². The normalized spacial score (nSPS) is 12.6. The predicted octanol–water partition coefficient (Wildman–Crippen LogP) is 5.83. The van der Waals surface area contributed by atoms with Gasteiger partial charge >= 0.3 is 0 Å². The van der Waals surface area contributed by atoms with E-state index >= 15 is 0 Å². The number of hydrogen-bond donors (Lipinski definition) is 0. The quantitative estimate of drug-likeness (QED) is 0.487. The molecule has 0 saturated carbocycles. The van der Waals surface area contributed by atoms with Crippen molar-refractivity contribution >= 4 is 27.6 Å². The third-order valence-corrected chi connectivity index (χ3v) is 4.05. The summed E-state index contributed by atoms with van der Waals surface area (Å²) in [6, 6.07) is 13.8. The van der Waals surface area contributed by atoms with Crippen LogP contribution in [0.2, 0.25) is 0 Å². The molecule has 0 radical (unpaired) electrons. The molecule has 0 N–H and O–H groups in total. The number of nitrogens with zero attached hydrogens (tertiary/aromatic N) is 1. The third-order valence-electron chi connectivity index (χ3n) is 3.43. The van der Waals surface area contributed by atoms with Crippen LogP contribution in [0.3, 0.4) is 0 Å². The summed E-state index contributed by atoms with van der Waals surface area (Å²) in [4.78, 5) is 0. The molecule has 0 saturated heterocycles. The minimum Gasteiger partial charge on any atom is -0.490 e. The molecule has 2 aromatic rings. The summed E-state index contributed by atoms with van der Waals surface area (Å²) in [5, 5.41) is 9.33. The van der Waals surface area contributed by atoms with E-state index in [1.807, 2.05) is 25.1 Å². The van der Waals surface area contributed by atoms with Crippen molar-refractivity contribution in [1.82, 2.24) is 0 Å². The van der Waals surface area contributed by atoms with Crippen LogP contribution in [0.1, 0.15) is 31.4 Å². The van der Waals surface area contributed by atoms with E-state index in [4.69, 9.17) is 4.74 Å². The van der Waals surface area contributed by atoms with E-state index in [0.29, 0.717) is 11.1 Å². The second-order valence-corrected chi connectivity index (χ2v) is 6.06. The van der Waals surface area contributed by atoms with E-state index in [9.17, 15) is 9.65 Å². The Morgan fingerprint density at radius 1 is 1.35 bits per heavy atom. The fraction of sp³-hybridized carbons (Fsp3) is 0.211. The highest BCUT2D eigenvalue weighted by Crippen LogP contribution is 2.29. The zero-order valence-electron chi connectivity index (χ0n) is 13.0. The summed E-state index contributed by atoms with van der Waals surface area (Å²) in [6.45, 7) is 4.08. The van der Waals surface area contributed by atoms with Crippen LogP contribution in [-0.4, -0.2) is 6.10 Å². The lowest BCUT2D eigenvalue weighted by Gasteiger charge is -2.14. The lowest BCUT2D eigenvalue weighted by Crippen LogP contribution is -2.09. The molecule has 0 heterocycles. The molecular formula is C19H17BrFNO. The molecule has 2 rings (SSSR count). The zero-order chi connectivity index (χ0) is 16.8. The van der Waals surface area contributed by atoms with Gasteiger partial charge in [-0.2, -0.15) is 5.26 Å². The van der Waals surface area contributed by atoms with Gasteiger partial charge in [0.25, 0.3) is 0 Å². The minimum absolute atomic E-state index is 0.134. The van der Waals surface area contributed by atoms with Gasteiger partial charge in [0, 0.05) is 0 Å². The molecule has 118 valence electrons. The van der Waals surface area contributed by atoms with Crippen LogP contribution in [0.15, 0.2) is 46.9 Å². The van der Waals surface area contributed by atoms with Crippen LogP contribution >= 0.6 is 15.9 Å². The largest absolute Gasteiger partial charge is 0.490 e. The molecule has 1 atom stereocenters. The Balaban J connectivity index is 2.31. The zero-order valence-corrected chi connectivity index (χ0v) is 14.6. The van der Waals surface area contributed by atoms with Crippen LogP contribution in [-0.2, 0) is 0 Å². The first kappa shape index (κ1) is 17.2. The van der Waals surface area contributed by atoms with Gasteiger partial charge in [-0.1, -0.05) is 25.1 Å². The maximum atomic E-state index is 13.3. The maximum absolute atomic E-state index is 13.3. The SMILES string of the molecule is CC[C@H](C)Oc1ccc(/C=C(/C#N)c2cccc(F)c2)cc1Br. The Morgan fingerprint density at radius 3 is 2.74 bits per heavy atom. The summed E-state index contributed by atoms with van der Waals surface area (Å²) in [5.74, 6) is 0.405. The predicted molar refractivity (Wildman–Crippen MR) is 94.4 cm³/mol. The monoisotopic (exact) mass is 373 g/mol. The summed E-state index contributed by atoms with van der Waals surface area (Å²) >= 11 is 3.49. The van der Waals surface area contributed by atoms with Gasteiger partial charge in [0.1, 0.15) is 11.6 Å². The van der Waals surface area contributed by atoms with Crippen molar-refractivity contribution in [2.45, 2.75) is 26.4 Å². The average Bonchev–Trinajstić information content (AvgIpc) is 2.54. The van der Waals surface area contributed by atoms with E-state index in [1.165, 1.54) is 12.1 Å². The molecule has 0 aliphatic heterocycles. The van der Waals surface area contributed by atoms with Crippen molar-refractivity contribution in [2.75, 3.05) is 0 Å². The van der Waals surface area contributed by atoms with Crippen molar-refractivity contribution in [1.29, 1.82) is 5.26 Å². The first-order chi connectivity index (χ1) is 11.0. The van der Waals surface area contributed by atoms with Gasteiger partial charge in [0.05, 0.1) is 22.2 Å². The second kappa shape index (κ2) is 7.94. The number of nitriles is 1. The van der Waals surface area contributed by atoms with Crippen molar-refractivity contribution in [3.63, 3.8) is 0 Å². The molecule has 2 aromatic carbocycles. The fourth-order valence-corrected chi connectivity index (χ4v) is 2.50. The van der Waals surface area contributed by atoms with Gasteiger partial charge in [-0.15, -0.1) is 0 Å². The average molecular weight is 374 g/mol. The van der Waals surface area contributed by atoms with E-state index < -0.39 is 0 Å². The third kappa shape index (κ3) is 4.67. The summed E-state index contributed by atoms with van der Waals surface area (Å²) in [6.07, 6.45) is 2.79. The smallest absolute Gasteiger partial charge is 0.133 e. The summed E-state index contributed by atoms with van der Waals surface area (Å²) in [7, 11) is 0. The summed E-state index contributed by atoms with van der Waals surface area (Å²) in [5.41, 5.74) is 1.81. The Bertz CT molecular complexity index is 764. The van der Waals surface area contributed by atoms with Crippen LogP contribution in [0.4, 0.5) is 4.39 Å². The van der Waals surface area contributed by atoms with E-state index in [1.54, 1.807) is 18.2 Å². The van der Waals surface area contributed by atoms with E-state index in [2.05, 4.69) is 28.9 Å². The van der Waals surface area contributed by atoms with Gasteiger partial charge in [0.2, 0.25) is 0 Å². The first-order valence-corrected chi connectivity index (χ1v) is 8.16. The van der Waals surface area contributed by atoms with Crippen LogP contribution < -0.4 is 4.74 Å². The van der Waals surface area contributed by atoms with Gasteiger partial charge in [-0.05, 0) is 70.7 Å². The summed E-state index contributed by atoms with van der Waals surface area (Å²) < 4.78 is 19.9. The van der Waals surface area contributed by atoms with Crippen molar-refractivity contribution in [3.05, 3.63) is 63.9 Å². The number of benzene rings is 2. The number of halogens is 2.